The highest BCUT2D eigenvalue weighted by atomic mass is 16.6. The molecule has 7 nitrogen and oxygen atoms in total. The van der Waals surface area contributed by atoms with Crippen molar-refractivity contribution in [3.8, 4) is 5.75 Å². The minimum absolute atomic E-state index is 0.205. The Morgan fingerprint density at radius 3 is 2.48 bits per heavy atom. The fourth-order valence-corrected chi connectivity index (χ4v) is 3.94. The number of fused-ring (bicyclic) bond motifs is 2. The van der Waals surface area contributed by atoms with E-state index in [1.165, 1.54) is 20.3 Å². The van der Waals surface area contributed by atoms with Gasteiger partial charge in [-0.1, -0.05) is 0 Å². The van der Waals surface area contributed by atoms with Crippen molar-refractivity contribution in [1.82, 2.24) is 0 Å². The van der Waals surface area contributed by atoms with Gasteiger partial charge < -0.3 is 19.3 Å². The Morgan fingerprint density at radius 1 is 1.16 bits per heavy atom. The van der Waals surface area contributed by atoms with Gasteiger partial charge >= 0.3 is 5.97 Å². The molecule has 0 spiro atoms. The standard InChI is InChI=1S/C24H22O7/c1-23(2)11-14-9-17-20(22(28)31-24(17,3)21(27)16(14)12-30-23)19(26)10-18(25)13-5-7-15(29-4)8-6-13/h5-10,12,25H,11H2,1-4H3/b18-10-. The van der Waals surface area contributed by atoms with E-state index in [-0.39, 0.29) is 16.9 Å². The summed E-state index contributed by atoms with van der Waals surface area (Å²) in [6.07, 6.45) is 4.45. The second kappa shape index (κ2) is 6.97. The average Bonchev–Trinajstić information content (AvgIpc) is 2.98. The van der Waals surface area contributed by atoms with E-state index in [1.807, 2.05) is 13.8 Å². The number of ether oxygens (including phenoxy) is 3. The van der Waals surface area contributed by atoms with Crippen molar-refractivity contribution in [2.24, 2.45) is 0 Å². The Hall–Kier alpha value is -3.61. The molecule has 2 heterocycles. The predicted molar refractivity (Wildman–Crippen MR) is 111 cm³/mol. The van der Waals surface area contributed by atoms with Gasteiger partial charge in [0, 0.05) is 23.6 Å². The van der Waals surface area contributed by atoms with Gasteiger partial charge in [0.15, 0.2) is 11.4 Å². The van der Waals surface area contributed by atoms with Crippen molar-refractivity contribution >= 4 is 23.3 Å². The third-order valence-corrected chi connectivity index (χ3v) is 5.64. The molecule has 1 atom stereocenters. The zero-order chi connectivity index (χ0) is 22.6. The Bertz CT molecular complexity index is 1130. The first kappa shape index (κ1) is 20.7. The van der Waals surface area contributed by atoms with Crippen LogP contribution in [0.1, 0.15) is 32.8 Å². The Kier molecular flexibility index (Phi) is 4.65. The number of methoxy groups -OCH3 is 1. The molecule has 1 N–H and O–H groups in total. The van der Waals surface area contributed by atoms with Crippen LogP contribution in [0, 0.1) is 0 Å². The minimum Gasteiger partial charge on any atom is -0.507 e. The number of ketones is 2. The van der Waals surface area contributed by atoms with Gasteiger partial charge in [-0.15, -0.1) is 0 Å². The molecule has 1 aromatic rings. The molecule has 4 rings (SSSR count). The molecule has 0 aromatic heterocycles. The first-order valence-electron chi connectivity index (χ1n) is 9.77. The van der Waals surface area contributed by atoms with Crippen LogP contribution in [0.25, 0.3) is 5.76 Å². The molecular formula is C24H22O7. The number of carbonyl (C=O) groups excluding carboxylic acids is 3. The summed E-state index contributed by atoms with van der Waals surface area (Å²) >= 11 is 0. The molecule has 0 bridgehead atoms. The molecule has 160 valence electrons. The van der Waals surface area contributed by atoms with Crippen LogP contribution in [0.15, 0.2) is 65.0 Å². The lowest BCUT2D eigenvalue weighted by Crippen LogP contribution is -2.43. The van der Waals surface area contributed by atoms with Gasteiger partial charge in [0.2, 0.25) is 5.78 Å². The Balaban J connectivity index is 1.77. The van der Waals surface area contributed by atoms with Crippen molar-refractivity contribution in [3.05, 3.63) is 70.5 Å². The first-order chi connectivity index (χ1) is 14.6. The normalized spacial score (nSPS) is 24.5. The summed E-state index contributed by atoms with van der Waals surface area (Å²) in [7, 11) is 1.52. The number of Topliss-reactive ketones (excluding diaryl/α,β-unsaturated/α-hetero) is 1. The summed E-state index contributed by atoms with van der Waals surface area (Å²) < 4.78 is 16.1. The second-order valence-electron chi connectivity index (χ2n) is 8.42. The molecular weight excluding hydrogens is 400 g/mol. The molecule has 7 heteroatoms. The van der Waals surface area contributed by atoms with Crippen LogP contribution in [0.5, 0.6) is 5.75 Å². The van der Waals surface area contributed by atoms with Crippen molar-refractivity contribution in [3.63, 3.8) is 0 Å². The summed E-state index contributed by atoms with van der Waals surface area (Å²) in [5.74, 6) is -1.79. The maximum atomic E-state index is 13.1. The Morgan fingerprint density at radius 2 is 1.84 bits per heavy atom. The van der Waals surface area contributed by atoms with Crippen LogP contribution in [0.3, 0.4) is 0 Å². The van der Waals surface area contributed by atoms with Crippen LogP contribution in [-0.2, 0) is 23.9 Å². The number of rotatable bonds is 4. The highest BCUT2D eigenvalue weighted by Gasteiger charge is 2.54. The van der Waals surface area contributed by atoms with Crippen molar-refractivity contribution in [2.75, 3.05) is 7.11 Å². The van der Waals surface area contributed by atoms with Gasteiger partial charge in [0.25, 0.3) is 0 Å². The summed E-state index contributed by atoms with van der Waals surface area (Å²) in [4.78, 5) is 38.7. The molecule has 1 unspecified atom stereocenters. The number of benzene rings is 1. The smallest absolute Gasteiger partial charge is 0.343 e. The number of allylic oxidation sites excluding steroid dienone is 1. The topological polar surface area (TPSA) is 99.1 Å². The van der Waals surface area contributed by atoms with E-state index in [9.17, 15) is 19.5 Å². The number of hydrogen-bond donors (Lipinski definition) is 1. The van der Waals surface area contributed by atoms with Gasteiger partial charge in [0.1, 0.15) is 22.7 Å². The van der Waals surface area contributed by atoms with E-state index < -0.39 is 28.7 Å². The predicted octanol–water partition coefficient (Wildman–Crippen LogP) is 3.37. The fourth-order valence-electron chi connectivity index (χ4n) is 3.94. The van der Waals surface area contributed by atoms with Gasteiger partial charge in [-0.25, -0.2) is 4.79 Å². The van der Waals surface area contributed by atoms with E-state index in [1.54, 1.807) is 30.3 Å². The molecule has 1 aliphatic carbocycles. The van der Waals surface area contributed by atoms with Gasteiger partial charge in [-0.2, -0.15) is 0 Å². The van der Waals surface area contributed by atoms with Crippen molar-refractivity contribution in [2.45, 2.75) is 38.4 Å². The van der Waals surface area contributed by atoms with Crippen LogP contribution < -0.4 is 4.74 Å². The fraction of sp³-hybridized carbons (Fsp3) is 0.292. The summed E-state index contributed by atoms with van der Waals surface area (Å²) in [6.45, 7) is 5.22. The lowest BCUT2D eigenvalue weighted by atomic mass is 9.74. The monoisotopic (exact) mass is 422 g/mol. The largest absolute Gasteiger partial charge is 0.507 e. The molecule has 0 amide bonds. The molecule has 31 heavy (non-hydrogen) atoms. The molecule has 0 fully saturated rings. The van der Waals surface area contributed by atoms with E-state index in [4.69, 9.17) is 14.2 Å². The number of aliphatic hydroxyl groups excluding tert-OH is 1. The summed E-state index contributed by atoms with van der Waals surface area (Å²) in [5, 5.41) is 10.4. The highest BCUT2D eigenvalue weighted by Crippen LogP contribution is 2.46. The first-order valence-corrected chi connectivity index (χ1v) is 9.77. The van der Waals surface area contributed by atoms with Gasteiger partial charge in [-0.3, -0.25) is 9.59 Å². The van der Waals surface area contributed by atoms with Crippen LogP contribution in [0.4, 0.5) is 0 Å². The Labute approximate surface area is 179 Å². The number of esters is 1. The maximum absolute atomic E-state index is 13.1. The van der Waals surface area contributed by atoms with E-state index in [2.05, 4.69) is 0 Å². The molecule has 0 saturated carbocycles. The van der Waals surface area contributed by atoms with E-state index in [0.29, 0.717) is 28.9 Å². The molecule has 1 aromatic carbocycles. The van der Waals surface area contributed by atoms with E-state index >= 15 is 0 Å². The highest BCUT2D eigenvalue weighted by molar-refractivity contribution is 6.28. The quantitative estimate of drug-likeness (QED) is 0.344. The third-order valence-electron chi connectivity index (χ3n) is 5.64. The van der Waals surface area contributed by atoms with E-state index in [0.717, 1.165) is 6.08 Å². The second-order valence-corrected chi connectivity index (χ2v) is 8.42. The van der Waals surface area contributed by atoms with Crippen LogP contribution >= 0.6 is 0 Å². The number of carbonyl (C=O) groups is 3. The molecule has 0 radical (unpaired) electrons. The minimum atomic E-state index is -1.61. The van der Waals surface area contributed by atoms with Crippen LogP contribution in [-0.4, -0.2) is 41.0 Å². The van der Waals surface area contributed by atoms with Crippen molar-refractivity contribution in [1.29, 1.82) is 0 Å². The van der Waals surface area contributed by atoms with Gasteiger partial charge in [-0.05, 0) is 56.7 Å². The lowest BCUT2D eigenvalue weighted by molar-refractivity contribution is -0.153. The molecule has 3 aliphatic rings. The van der Waals surface area contributed by atoms with Gasteiger partial charge in [0.05, 0.1) is 18.9 Å². The SMILES string of the molecule is COc1ccc(/C(O)=C/C(=O)C2=C3C=C4CC(C)(C)OC=C4C(=O)C3(C)OC2=O)cc1. The maximum Gasteiger partial charge on any atom is 0.343 e. The third kappa shape index (κ3) is 3.36. The molecule has 2 aliphatic heterocycles. The number of aliphatic hydroxyl groups is 1. The average molecular weight is 422 g/mol. The number of hydrogen-bond acceptors (Lipinski definition) is 7. The lowest BCUT2D eigenvalue weighted by Gasteiger charge is -2.37. The zero-order valence-corrected chi connectivity index (χ0v) is 17.6. The van der Waals surface area contributed by atoms with Crippen LogP contribution in [0.2, 0.25) is 0 Å². The summed E-state index contributed by atoms with van der Waals surface area (Å²) in [5.41, 5.74) is -0.786. The zero-order valence-electron chi connectivity index (χ0n) is 17.6. The molecule has 0 saturated heterocycles. The van der Waals surface area contributed by atoms with Crippen molar-refractivity contribution < 1.29 is 33.7 Å². The summed E-state index contributed by atoms with van der Waals surface area (Å²) in [6, 6.07) is 6.44.